The summed E-state index contributed by atoms with van der Waals surface area (Å²) in [6.07, 6.45) is 40.0. The van der Waals surface area contributed by atoms with Gasteiger partial charge in [0.2, 0.25) is 0 Å². The molecular formula is C47H89NO5. The maximum atomic E-state index is 12.3. The second-order valence-corrected chi connectivity index (χ2v) is 15.6. The van der Waals surface area contributed by atoms with Crippen LogP contribution in [0.15, 0.2) is 23.3 Å². The lowest BCUT2D eigenvalue weighted by Crippen LogP contribution is -2.27. The van der Waals surface area contributed by atoms with E-state index in [1.807, 2.05) is 0 Å². The monoisotopic (exact) mass is 748 g/mol. The molecule has 0 heterocycles. The number of unbranched alkanes of at least 4 members (excludes halogenated alkanes) is 20. The van der Waals surface area contributed by atoms with Crippen LogP contribution >= 0.6 is 0 Å². The molecule has 0 aliphatic rings. The van der Waals surface area contributed by atoms with Gasteiger partial charge in [-0.1, -0.05) is 167 Å². The predicted molar refractivity (Wildman–Crippen MR) is 227 cm³/mol. The van der Waals surface area contributed by atoms with Gasteiger partial charge in [0.15, 0.2) is 0 Å². The number of ether oxygens (including phenoxy) is 2. The van der Waals surface area contributed by atoms with E-state index in [2.05, 4.69) is 32.6 Å². The van der Waals surface area contributed by atoms with Crippen LogP contribution in [0.3, 0.4) is 0 Å². The molecule has 6 heteroatoms. The third-order valence-corrected chi connectivity index (χ3v) is 10.3. The zero-order valence-corrected chi connectivity index (χ0v) is 35.8. The number of carbonyl (C=O) groups is 2. The van der Waals surface area contributed by atoms with E-state index in [0.717, 1.165) is 90.3 Å². The van der Waals surface area contributed by atoms with E-state index >= 15 is 0 Å². The summed E-state index contributed by atoms with van der Waals surface area (Å²) in [5, 5.41) is 9.38. The third kappa shape index (κ3) is 37.1. The standard InChI is InChI=1S/C47H89NO5/c1-5-9-11-25-34-44(32-7-3)42-46(50)52-40-29-23-19-15-13-17-21-27-36-48(38-31-39-49)37-28-22-18-14-16-20-24-30-41-53-47(51)43-45(33-8-4)35-26-12-10-6-2/h42-43,49H,5-41H2,1-4H3/b44-42+,45-43+. The summed E-state index contributed by atoms with van der Waals surface area (Å²) in [4.78, 5) is 27.1. The zero-order chi connectivity index (χ0) is 38.9. The summed E-state index contributed by atoms with van der Waals surface area (Å²) < 4.78 is 11.0. The minimum atomic E-state index is -0.145. The topological polar surface area (TPSA) is 76.1 Å². The SMILES string of the molecule is CCCCCC/C(=C/C(=O)OCCCCCCCCCCN(CCCO)CCCCCCCCCCOC(=O)/C=C(\CCC)CCCCCC)CCC. The van der Waals surface area contributed by atoms with E-state index in [4.69, 9.17) is 9.47 Å². The van der Waals surface area contributed by atoms with Crippen molar-refractivity contribution in [1.82, 2.24) is 4.90 Å². The Labute approximate surface area is 329 Å². The molecule has 312 valence electrons. The second kappa shape index (κ2) is 41.5. The fraction of sp³-hybridized carbons (Fsp3) is 0.872. The average Bonchev–Trinajstić information content (AvgIpc) is 3.14. The first-order chi connectivity index (χ1) is 26.0. The number of carbonyl (C=O) groups excluding carboxylic acids is 2. The van der Waals surface area contributed by atoms with Gasteiger partial charge < -0.3 is 19.5 Å². The molecule has 0 spiro atoms. The van der Waals surface area contributed by atoms with Gasteiger partial charge >= 0.3 is 11.9 Å². The van der Waals surface area contributed by atoms with Crippen LogP contribution < -0.4 is 0 Å². The van der Waals surface area contributed by atoms with Crippen molar-refractivity contribution < 1.29 is 24.2 Å². The average molecular weight is 748 g/mol. The summed E-state index contributed by atoms with van der Waals surface area (Å²) in [6.45, 7) is 13.5. The van der Waals surface area contributed by atoms with E-state index < -0.39 is 0 Å². The Morgan fingerprint density at radius 1 is 0.415 bits per heavy atom. The van der Waals surface area contributed by atoms with Crippen LogP contribution in [-0.2, 0) is 19.1 Å². The molecule has 1 N–H and O–H groups in total. The van der Waals surface area contributed by atoms with Crippen LogP contribution in [0.2, 0.25) is 0 Å². The number of esters is 2. The van der Waals surface area contributed by atoms with Gasteiger partial charge in [0.05, 0.1) is 13.2 Å². The van der Waals surface area contributed by atoms with E-state index in [9.17, 15) is 14.7 Å². The first kappa shape index (κ1) is 51.3. The van der Waals surface area contributed by atoms with Crippen LogP contribution in [0, 0.1) is 0 Å². The molecule has 0 bridgehead atoms. The fourth-order valence-corrected chi connectivity index (χ4v) is 7.13. The van der Waals surface area contributed by atoms with Crippen LogP contribution in [-0.4, -0.2) is 61.4 Å². The Bertz CT molecular complexity index is 803. The smallest absolute Gasteiger partial charge is 0.330 e. The van der Waals surface area contributed by atoms with Crippen molar-refractivity contribution >= 4 is 11.9 Å². The maximum Gasteiger partial charge on any atom is 0.330 e. The van der Waals surface area contributed by atoms with E-state index in [-0.39, 0.29) is 18.5 Å². The van der Waals surface area contributed by atoms with Gasteiger partial charge in [0, 0.05) is 25.3 Å². The van der Waals surface area contributed by atoms with Crippen LogP contribution in [0.4, 0.5) is 0 Å². The molecule has 0 aromatic carbocycles. The van der Waals surface area contributed by atoms with Gasteiger partial charge in [0.25, 0.3) is 0 Å². The van der Waals surface area contributed by atoms with Crippen molar-refractivity contribution in [3.05, 3.63) is 23.3 Å². The minimum Gasteiger partial charge on any atom is -0.463 e. The van der Waals surface area contributed by atoms with Crippen molar-refractivity contribution in [1.29, 1.82) is 0 Å². The number of hydrogen-bond acceptors (Lipinski definition) is 6. The first-order valence-electron chi connectivity index (χ1n) is 23.1. The molecule has 0 saturated carbocycles. The highest BCUT2D eigenvalue weighted by molar-refractivity contribution is 5.83. The minimum absolute atomic E-state index is 0.145. The maximum absolute atomic E-state index is 12.3. The Hall–Kier alpha value is -1.66. The molecule has 0 rings (SSSR count). The number of hydrogen-bond donors (Lipinski definition) is 1. The molecule has 0 unspecified atom stereocenters. The van der Waals surface area contributed by atoms with Gasteiger partial charge in [-0.15, -0.1) is 0 Å². The highest BCUT2D eigenvalue weighted by Crippen LogP contribution is 2.17. The molecule has 0 amide bonds. The largest absolute Gasteiger partial charge is 0.463 e. The van der Waals surface area contributed by atoms with Crippen molar-refractivity contribution in [3.8, 4) is 0 Å². The van der Waals surface area contributed by atoms with E-state index in [0.29, 0.717) is 13.2 Å². The molecule has 6 nitrogen and oxygen atoms in total. The van der Waals surface area contributed by atoms with Crippen LogP contribution in [0.1, 0.15) is 227 Å². The summed E-state index contributed by atoms with van der Waals surface area (Å²) in [5.41, 5.74) is 2.52. The summed E-state index contributed by atoms with van der Waals surface area (Å²) in [6, 6.07) is 0. The molecule has 0 fully saturated rings. The van der Waals surface area contributed by atoms with Gasteiger partial charge in [-0.05, 0) is 83.7 Å². The molecule has 0 atom stereocenters. The molecule has 0 radical (unpaired) electrons. The van der Waals surface area contributed by atoms with Crippen molar-refractivity contribution in [3.63, 3.8) is 0 Å². The van der Waals surface area contributed by atoms with E-state index in [1.165, 1.54) is 140 Å². The number of aliphatic hydroxyl groups excluding tert-OH is 1. The van der Waals surface area contributed by atoms with Gasteiger partial charge in [0.1, 0.15) is 0 Å². The highest BCUT2D eigenvalue weighted by Gasteiger charge is 2.07. The van der Waals surface area contributed by atoms with Crippen LogP contribution in [0.5, 0.6) is 0 Å². The molecular weight excluding hydrogens is 659 g/mol. The summed E-state index contributed by atoms with van der Waals surface area (Å²) >= 11 is 0. The summed E-state index contributed by atoms with van der Waals surface area (Å²) in [7, 11) is 0. The van der Waals surface area contributed by atoms with Gasteiger partial charge in [-0.3, -0.25) is 0 Å². The zero-order valence-electron chi connectivity index (χ0n) is 35.8. The van der Waals surface area contributed by atoms with Crippen molar-refractivity contribution in [2.24, 2.45) is 0 Å². The van der Waals surface area contributed by atoms with Gasteiger partial charge in [-0.25, -0.2) is 9.59 Å². The normalized spacial score (nSPS) is 12.2. The van der Waals surface area contributed by atoms with E-state index in [1.54, 1.807) is 12.2 Å². The lowest BCUT2D eigenvalue weighted by Gasteiger charge is -2.22. The first-order valence-corrected chi connectivity index (χ1v) is 23.1. The Kier molecular flexibility index (Phi) is 40.2. The Morgan fingerprint density at radius 2 is 0.755 bits per heavy atom. The molecule has 0 saturated heterocycles. The predicted octanol–water partition coefficient (Wildman–Crippen LogP) is 13.4. The fourth-order valence-electron chi connectivity index (χ4n) is 7.13. The lowest BCUT2D eigenvalue weighted by atomic mass is 10.0. The Balaban J connectivity index is 3.85. The molecule has 53 heavy (non-hydrogen) atoms. The number of rotatable bonds is 41. The molecule has 0 aromatic heterocycles. The van der Waals surface area contributed by atoms with Gasteiger partial charge in [-0.2, -0.15) is 0 Å². The van der Waals surface area contributed by atoms with Crippen LogP contribution in [0.25, 0.3) is 0 Å². The molecule has 0 aliphatic heterocycles. The quantitative estimate of drug-likeness (QED) is 0.0381. The van der Waals surface area contributed by atoms with Crippen molar-refractivity contribution in [2.45, 2.75) is 227 Å². The number of aliphatic hydroxyl groups is 1. The molecule has 0 aromatic rings. The lowest BCUT2D eigenvalue weighted by molar-refractivity contribution is -0.138. The molecule has 0 aliphatic carbocycles. The van der Waals surface area contributed by atoms with Crippen molar-refractivity contribution in [2.75, 3.05) is 39.5 Å². The number of allylic oxidation sites excluding steroid dienone is 2. The summed E-state index contributed by atoms with van der Waals surface area (Å²) in [5.74, 6) is -0.290. The second-order valence-electron chi connectivity index (χ2n) is 15.6. The third-order valence-electron chi connectivity index (χ3n) is 10.3. The Morgan fingerprint density at radius 3 is 1.11 bits per heavy atom. The highest BCUT2D eigenvalue weighted by atomic mass is 16.5. The number of nitrogens with zero attached hydrogens (tertiary/aromatic N) is 1.